The summed E-state index contributed by atoms with van der Waals surface area (Å²) in [7, 11) is 0. The summed E-state index contributed by atoms with van der Waals surface area (Å²) in [6, 6.07) is 9.10. The van der Waals surface area contributed by atoms with Gasteiger partial charge in [-0.2, -0.15) is 0 Å². The Morgan fingerprint density at radius 3 is 2.62 bits per heavy atom. The standard InChI is InChI=1S/C12H11BrClNO/c1-7-6-8(14)2-3-9(7)12(15)10-4-5-11(13)16-10/h2-6,12H,15H2,1H3. The van der Waals surface area contributed by atoms with Crippen molar-refractivity contribution >= 4 is 27.5 Å². The van der Waals surface area contributed by atoms with E-state index < -0.39 is 0 Å². The third kappa shape index (κ3) is 2.32. The molecule has 0 aliphatic heterocycles. The summed E-state index contributed by atoms with van der Waals surface area (Å²) in [4.78, 5) is 0. The van der Waals surface area contributed by atoms with E-state index in [-0.39, 0.29) is 6.04 Å². The molecule has 0 amide bonds. The van der Waals surface area contributed by atoms with Gasteiger partial charge in [0.25, 0.3) is 0 Å². The Balaban J connectivity index is 2.37. The van der Waals surface area contributed by atoms with Crippen molar-refractivity contribution in [2.75, 3.05) is 0 Å². The van der Waals surface area contributed by atoms with Crippen LogP contribution in [-0.4, -0.2) is 0 Å². The van der Waals surface area contributed by atoms with Crippen molar-refractivity contribution in [1.29, 1.82) is 0 Å². The van der Waals surface area contributed by atoms with Crippen LogP contribution in [0, 0.1) is 6.92 Å². The van der Waals surface area contributed by atoms with Crippen LogP contribution in [-0.2, 0) is 0 Å². The van der Waals surface area contributed by atoms with Gasteiger partial charge in [-0.3, -0.25) is 0 Å². The third-order valence-corrected chi connectivity index (χ3v) is 3.13. The number of hydrogen-bond acceptors (Lipinski definition) is 2. The summed E-state index contributed by atoms with van der Waals surface area (Å²) in [6.45, 7) is 1.99. The van der Waals surface area contributed by atoms with Crippen molar-refractivity contribution in [3.8, 4) is 0 Å². The Bertz CT molecular complexity index is 509. The van der Waals surface area contributed by atoms with Gasteiger partial charge in [-0.1, -0.05) is 17.7 Å². The molecule has 1 heterocycles. The first-order valence-corrected chi connectivity index (χ1v) is 6.02. The summed E-state index contributed by atoms with van der Waals surface area (Å²) in [5.74, 6) is 0.734. The molecule has 1 aromatic heterocycles. The molecule has 0 bridgehead atoms. The maximum atomic E-state index is 6.12. The van der Waals surface area contributed by atoms with Gasteiger partial charge in [0.05, 0.1) is 6.04 Å². The molecule has 1 aromatic carbocycles. The summed E-state index contributed by atoms with van der Waals surface area (Å²) in [5.41, 5.74) is 8.21. The smallest absolute Gasteiger partial charge is 0.169 e. The van der Waals surface area contributed by atoms with Gasteiger partial charge in [0.15, 0.2) is 4.67 Å². The largest absolute Gasteiger partial charge is 0.452 e. The van der Waals surface area contributed by atoms with Crippen LogP contribution in [0.3, 0.4) is 0 Å². The van der Waals surface area contributed by atoms with Crippen molar-refractivity contribution in [2.45, 2.75) is 13.0 Å². The number of aryl methyl sites for hydroxylation is 1. The van der Waals surface area contributed by atoms with Gasteiger partial charge in [0, 0.05) is 5.02 Å². The maximum Gasteiger partial charge on any atom is 0.169 e. The van der Waals surface area contributed by atoms with E-state index in [0.29, 0.717) is 9.69 Å². The number of benzene rings is 1. The normalized spacial score (nSPS) is 12.8. The third-order valence-electron chi connectivity index (χ3n) is 2.47. The topological polar surface area (TPSA) is 39.2 Å². The number of nitrogens with two attached hydrogens (primary N) is 1. The highest BCUT2D eigenvalue weighted by Crippen LogP contribution is 2.27. The lowest BCUT2D eigenvalue weighted by Crippen LogP contribution is -2.12. The zero-order valence-electron chi connectivity index (χ0n) is 8.71. The second-order valence-electron chi connectivity index (χ2n) is 3.62. The summed E-state index contributed by atoms with van der Waals surface area (Å²) in [6.07, 6.45) is 0. The average molecular weight is 301 g/mol. The molecule has 0 saturated heterocycles. The molecule has 84 valence electrons. The highest BCUT2D eigenvalue weighted by molar-refractivity contribution is 9.10. The molecule has 0 radical (unpaired) electrons. The van der Waals surface area contributed by atoms with E-state index >= 15 is 0 Å². The number of rotatable bonds is 2. The minimum absolute atomic E-state index is 0.261. The zero-order valence-corrected chi connectivity index (χ0v) is 11.0. The van der Waals surface area contributed by atoms with Gasteiger partial charge in [-0.05, 0) is 58.2 Å². The summed E-state index contributed by atoms with van der Waals surface area (Å²) in [5, 5.41) is 0.717. The van der Waals surface area contributed by atoms with Crippen LogP contribution in [0.1, 0.15) is 22.9 Å². The van der Waals surface area contributed by atoms with Gasteiger partial charge >= 0.3 is 0 Å². The molecule has 2 nitrogen and oxygen atoms in total. The second-order valence-corrected chi connectivity index (χ2v) is 4.84. The molecule has 1 unspecified atom stereocenters. The van der Waals surface area contributed by atoms with Crippen LogP contribution in [0.5, 0.6) is 0 Å². The highest BCUT2D eigenvalue weighted by Gasteiger charge is 2.14. The van der Waals surface area contributed by atoms with Gasteiger partial charge in [-0.15, -0.1) is 0 Å². The first-order chi connectivity index (χ1) is 7.58. The zero-order chi connectivity index (χ0) is 11.7. The minimum atomic E-state index is -0.261. The molecule has 0 aliphatic rings. The molecule has 2 N–H and O–H groups in total. The molecule has 0 saturated carbocycles. The van der Waals surface area contributed by atoms with Crippen LogP contribution in [0.4, 0.5) is 0 Å². The van der Waals surface area contributed by atoms with Gasteiger partial charge in [-0.25, -0.2) is 0 Å². The number of furan rings is 1. The quantitative estimate of drug-likeness (QED) is 0.908. The Morgan fingerprint density at radius 2 is 2.06 bits per heavy atom. The lowest BCUT2D eigenvalue weighted by Gasteiger charge is -2.12. The molecule has 2 aromatic rings. The van der Waals surface area contributed by atoms with E-state index in [4.69, 9.17) is 21.8 Å². The van der Waals surface area contributed by atoms with Crippen molar-refractivity contribution in [3.63, 3.8) is 0 Å². The fourth-order valence-corrected chi connectivity index (χ4v) is 2.18. The molecular weight excluding hydrogens is 289 g/mol. The van der Waals surface area contributed by atoms with Gasteiger partial charge < -0.3 is 10.2 Å². The molecule has 16 heavy (non-hydrogen) atoms. The summed E-state index contributed by atoms with van der Waals surface area (Å²) >= 11 is 9.16. The fourth-order valence-electron chi connectivity index (χ4n) is 1.64. The molecule has 0 aliphatic carbocycles. The van der Waals surface area contributed by atoms with Crippen LogP contribution < -0.4 is 5.73 Å². The molecule has 0 fully saturated rings. The van der Waals surface area contributed by atoms with Crippen LogP contribution >= 0.6 is 27.5 Å². The van der Waals surface area contributed by atoms with Crippen molar-refractivity contribution in [1.82, 2.24) is 0 Å². The van der Waals surface area contributed by atoms with E-state index in [9.17, 15) is 0 Å². The van der Waals surface area contributed by atoms with Crippen molar-refractivity contribution in [3.05, 3.63) is 56.9 Å². The van der Waals surface area contributed by atoms with Crippen LogP contribution in [0.2, 0.25) is 5.02 Å². The molecule has 2 rings (SSSR count). The van der Waals surface area contributed by atoms with Crippen molar-refractivity contribution < 1.29 is 4.42 Å². The van der Waals surface area contributed by atoms with Gasteiger partial charge in [0.1, 0.15) is 5.76 Å². The number of halogens is 2. The first-order valence-electron chi connectivity index (χ1n) is 4.85. The Morgan fingerprint density at radius 1 is 1.31 bits per heavy atom. The van der Waals surface area contributed by atoms with Crippen molar-refractivity contribution in [2.24, 2.45) is 5.73 Å². The van der Waals surface area contributed by atoms with Gasteiger partial charge in [0.2, 0.25) is 0 Å². The maximum absolute atomic E-state index is 6.12. The lowest BCUT2D eigenvalue weighted by molar-refractivity contribution is 0.469. The highest BCUT2D eigenvalue weighted by atomic mass is 79.9. The van der Waals surface area contributed by atoms with E-state index in [0.717, 1.165) is 16.9 Å². The minimum Gasteiger partial charge on any atom is -0.452 e. The fraction of sp³-hybridized carbons (Fsp3) is 0.167. The molecular formula is C12H11BrClNO. The predicted molar refractivity (Wildman–Crippen MR) is 68.6 cm³/mol. The summed E-state index contributed by atoms with van der Waals surface area (Å²) < 4.78 is 6.13. The Hall–Kier alpha value is -0.770. The predicted octanol–water partition coefficient (Wildman–Crippen LogP) is 4.05. The number of hydrogen-bond donors (Lipinski definition) is 1. The van der Waals surface area contributed by atoms with Crippen LogP contribution in [0.25, 0.3) is 0 Å². The Kier molecular flexibility index (Phi) is 3.38. The van der Waals surface area contributed by atoms with E-state index in [2.05, 4.69) is 15.9 Å². The molecule has 1 atom stereocenters. The molecule has 4 heteroatoms. The van der Waals surface area contributed by atoms with E-state index in [1.807, 2.05) is 37.3 Å². The lowest BCUT2D eigenvalue weighted by atomic mass is 10.0. The second kappa shape index (κ2) is 4.62. The van der Waals surface area contributed by atoms with E-state index in [1.54, 1.807) is 0 Å². The SMILES string of the molecule is Cc1cc(Cl)ccc1C(N)c1ccc(Br)o1. The Labute approximate surface area is 108 Å². The van der Waals surface area contributed by atoms with E-state index in [1.165, 1.54) is 0 Å². The molecule has 0 spiro atoms. The monoisotopic (exact) mass is 299 g/mol. The van der Waals surface area contributed by atoms with Crippen LogP contribution in [0.15, 0.2) is 39.4 Å². The first kappa shape index (κ1) is 11.7. The average Bonchev–Trinajstić information content (AvgIpc) is 2.64.